The Morgan fingerprint density at radius 2 is 1.76 bits per heavy atom. The molecule has 0 saturated carbocycles. The van der Waals surface area contributed by atoms with Crippen molar-refractivity contribution in [1.29, 1.82) is 0 Å². The van der Waals surface area contributed by atoms with Crippen molar-refractivity contribution in [2.45, 2.75) is 12.8 Å². The minimum atomic E-state index is -0.961. The number of hydrogen-bond donors (Lipinski definition) is 2. The summed E-state index contributed by atoms with van der Waals surface area (Å²) in [4.78, 5) is 10.9. The number of carboxylic acids is 1. The van der Waals surface area contributed by atoms with Crippen LogP contribution in [0.2, 0.25) is 0 Å². The van der Waals surface area contributed by atoms with Crippen LogP contribution in [0.25, 0.3) is 28.1 Å². The molecule has 0 saturated heterocycles. The molecule has 3 aromatic carbocycles. The number of hydrogen-bond acceptors (Lipinski definition) is 3. The second-order valence-electron chi connectivity index (χ2n) is 7.78. The first-order valence-electron chi connectivity index (χ1n) is 10.9. The zero-order valence-electron chi connectivity index (χ0n) is 18.5. The van der Waals surface area contributed by atoms with Gasteiger partial charge in [-0.2, -0.15) is 5.10 Å². The maximum Gasteiger partial charge on any atom is 0.328 e. The fourth-order valence-electron chi connectivity index (χ4n) is 3.99. The van der Waals surface area contributed by atoms with E-state index in [-0.39, 0.29) is 0 Å². The number of benzene rings is 3. The van der Waals surface area contributed by atoms with Crippen LogP contribution in [0.5, 0.6) is 0 Å². The summed E-state index contributed by atoms with van der Waals surface area (Å²) in [6.07, 6.45) is 6.35. The minimum Gasteiger partial charge on any atom is -0.478 e. The molecule has 0 atom stereocenters. The van der Waals surface area contributed by atoms with Crippen LogP contribution in [0, 0.1) is 0 Å². The van der Waals surface area contributed by atoms with Crippen LogP contribution in [0.4, 0.5) is 0 Å². The molecule has 33 heavy (non-hydrogen) atoms. The zero-order valence-corrected chi connectivity index (χ0v) is 18.5. The average Bonchev–Trinajstić information content (AvgIpc) is 3.31. The van der Waals surface area contributed by atoms with Gasteiger partial charge in [0.25, 0.3) is 0 Å². The van der Waals surface area contributed by atoms with Crippen molar-refractivity contribution in [2.24, 2.45) is 0 Å². The van der Waals surface area contributed by atoms with Gasteiger partial charge >= 0.3 is 5.97 Å². The molecule has 5 heteroatoms. The zero-order chi connectivity index (χ0) is 23.0. The molecule has 1 heterocycles. The molecule has 0 fully saturated rings. The van der Waals surface area contributed by atoms with E-state index in [0.717, 1.165) is 52.1 Å². The number of aromatic amines is 1. The molecule has 1 aromatic heterocycles. The van der Waals surface area contributed by atoms with Crippen molar-refractivity contribution in [3.05, 3.63) is 107 Å². The molecule has 0 amide bonds. The maximum absolute atomic E-state index is 10.9. The number of fused-ring (bicyclic) bond motifs is 1. The van der Waals surface area contributed by atoms with Crippen LogP contribution in [0.15, 0.2) is 85.1 Å². The van der Waals surface area contributed by atoms with Gasteiger partial charge in [-0.3, -0.25) is 5.10 Å². The first kappa shape index (κ1) is 22.2. The second kappa shape index (κ2) is 10.6. The number of allylic oxidation sites excluding steroid dienone is 1. The van der Waals surface area contributed by atoms with Crippen molar-refractivity contribution in [3.8, 4) is 0 Å². The Morgan fingerprint density at radius 1 is 1.00 bits per heavy atom. The highest BCUT2D eigenvalue weighted by molar-refractivity contribution is 6.00. The molecule has 166 valence electrons. The summed E-state index contributed by atoms with van der Waals surface area (Å²) in [5.41, 5.74) is 7.57. The summed E-state index contributed by atoms with van der Waals surface area (Å²) in [5, 5.41) is 17.2. The fraction of sp³-hybridized carbons (Fsp3) is 0.143. The van der Waals surface area contributed by atoms with E-state index in [1.807, 2.05) is 24.4 Å². The van der Waals surface area contributed by atoms with Crippen LogP contribution >= 0.6 is 0 Å². The SMILES string of the molecule is COCCCC(=C(c1ccc(C=CC(=O)O)cc1)c1ccc2[nH]ncc2c1)c1ccccc1. The van der Waals surface area contributed by atoms with Gasteiger partial charge in [-0.15, -0.1) is 0 Å². The van der Waals surface area contributed by atoms with E-state index in [1.54, 1.807) is 13.2 Å². The largest absolute Gasteiger partial charge is 0.478 e. The van der Waals surface area contributed by atoms with E-state index in [0.29, 0.717) is 6.61 Å². The summed E-state index contributed by atoms with van der Waals surface area (Å²) in [6, 6.07) is 24.8. The first-order chi connectivity index (χ1) is 16.2. The highest BCUT2D eigenvalue weighted by Gasteiger charge is 2.15. The number of aromatic nitrogens is 2. The molecular formula is C28H26N2O3. The van der Waals surface area contributed by atoms with E-state index in [1.165, 1.54) is 11.1 Å². The van der Waals surface area contributed by atoms with E-state index in [4.69, 9.17) is 9.84 Å². The van der Waals surface area contributed by atoms with Gasteiger partial charge in [0.15, 0.2) is 0 Å². The van der Waals surface area contributed by atoms with Gasteiger partial charge in [0.2, 0.25) is 0 Å². The van der Waals surface area contributed by atoms with Gasteiger partial charge in [0.1, 0.15) is 0 Å². The highest BCUT2D eigenvalue weighted by Crippen LogP contribution is 2.36. The van der Waals surface area contributed by atoms with Crippen molar-refractivity contribution in [3.63, 3.8) is 0 Å². The lowest BCUT2D eigenvalue weighted by Gasteiger charge is -2.18. The van der Waals surface area contributed by atoms with Gasteiger partial charge in [-0.25, -0.2) is 4.79 Å². The Hall–Kier alpha value is -3.96. The van der Waals surface area contributed by atoms with Crippen LogP contribution in [0.3, 0.4) is 0 Å². The third-order valence-corrected chi connectivity index (χ3v) is 5.55. The Labute approximate surface area is 193 Å². The molecule has 0 spiro atoms. The van der Waals surface area contributed by atoms with E-state index < -0.39 is 5.97 Å². The smallest absolute Gasteiger partial charge is 0.328 e. The van der Waals surface area contributed by atoms with Gasteiger partial charge < -0.3 is 9.84 Å². The number of methoxy groups -OCH3 is 1. The number of aliphatic carboxylic acids is 1. The standard InChI is InChI=1S/C28H26N2O3/c1-33-17-5-8-25(21-6-3-2-4-7-21)28(23-14-15-26-24(18-23)19-29-30-26)22-12-9-20(10-13-22)11-16-27(31)32/h2-4,6-7,9-16,18-19H,5,8,17H2,1H3,(H,29,30)(H,31,32). The molecule has 4 aromatic rings. The minimum absolute atomic E-state index is 0.684. The third kappa shape index (κ3) is 5.45. The topological polar surface area (TPSA) is 75.2 Å². The molecule has 4 rings (SSSR count). The molecule has 0 aliphatic heterocycles. The number of nitrogens with one attached hydrogen (secondary N) is 1. The Kier molecular flexibility index (Phi) is 7.12. The normalized spacial score (nSPS) is 12.3. The summed E-state index contributed by atoms with van der Waals surface area (Å²) in [5.74, 6) is -0.961. The lowest BCUT2D eigenvalue weighted by Crippen LogP contribution is -1.98. The Morgan fingerprint density at radius 3 is 2.48 bits per heavy atom. The molecular weight excluding hydrogens is 412 g/mol. The van der Waals surface area contributed by atoms with Crippen LogP contribution in [0.1, 0.15) is 35.1 Å². The van der Waals surface area contributed by atoms with Crippen LogP contribution < -0.4 is 0 Å². The Bertz CT molecular complexity index is 1290. The summed E-state index contributed by atoms with van der Waals surface area (Å²) < 4.78 is 5.34. The predicted molar refractivity (Wildman–Crippen MR) is 133 cm³/mol. The van der Waals surface area contributed by atoms with Crippen molar-refractivity contribution < 1.29 is 14.6 Å². The van der Waals surface area contributed by atoms with Gasteiger partial charge in [-0.05, 0) is 64.5 Å². The van der Waals surface area contributed by atoms with E-state index in [9.17, 15) is 4.79 Å². The quantitative estimate of drug-likeness (QED) is 0.190. The van der Waals surface area contributed by atoms with Gasteiger partial charge in [0.05, 0.1) is 11.7 Å². The van der Waals surface area contributed by atoms with Crippen LogP contribution in [-0.4, -0.2) is 35.0 Å². The molecule has 0 bridgehead atoms. The first-order valence-corrected chi connectivity index (χ1v) is 10.9. The molecule has 0 radical (unpaired) electrons. The monoisotopic (exact) mass is 438 g/mol. The second-order valence-corrected chi connectivity index (χ2v) is 7.78. The summed E-state index contributed by atoms with van der Waals surface area (Å²) in [7, 11) is 1.73. The fourth-order valence-corrected chi connectivity index (χ4v) is 3.99. The van der Waals surface area contributed by atoms with Crippen molar-refractivity contribution in [2.75, 3.05) is 13.7 Å². The average molecular weight is 439 g/mol. The summed E-state index contributed by atoms with van der Waals surface area (Å²) in [6.45, 7) is 0.684. The van der Waals surface area contributed by atoms with Gasteiger partial charge in [0, 0.05) is 25.2 Å². The lowest BCUT2D eigenvalue weighted by molar-refractivity contribution is -0.131. The molecule has 2 N–H and O–H groups in total. The molecule has 0 unspecified atom stereocenters. The molecule has 5 nitrogen and oxygen atoms in total. The number of nitrogens with zero attached hydrogens (tertiary/aromatic N) is 1. The number of carboxylic acid groups (broad SMARTS) is 1. The van der Waals surface area contributed by atoms with E-state index >= 15 is 0 Å². The van der Waals surface area contributed by atoms with Crippen LogP contribution in [-0.2, 0) is 9.53 Å². The van der Waals surface area contributed by atoms with E-state index in [2.05, 4.69) is 64.8 Å². The highest BCUT2D eigenvalue weighted by atomic mass is 16.5. The number of ether oxygens (including phenoxy) is 1. The maximum atomic E-state index is 10.9. The third-order valence-electron chi connectivity index (χ3n) is 5.55. The van der Waals surface area contributed by atoms with Crippen molar-refractivity contribution in [1.82, 2.24) is 10.2 Å². The molecule has 0 aliphatic rings. The molecule has 0 aliphatic carbocycles. The van der Waals surface area contributed by atoms with Crippen molar-refractivity contribution >= 4 is 34.1 Å². The van der Waals surface area contributed by atoms with Gasteiger partial charge in [-0.1, -0.05) is 60.7 Å². The lowest BCUT2D eigenvalue weighted by atomic mass is 9.86. The number of H-pyrrole nitrogens is 1. The number of rotatable bonds is 9. The Balaban J connectivity index is 1.89. The summed E-state index contributed by atoms with van der Waals surface area (Å²) >= 11 is 0. The predicted octanol–water partition coefficient (Wildman–Crippen LogP) is 6.05. The number of carbonyl (C=O) groups is 1.